The topological polar surface area (TPSA) is 61.4 Å². The molecule has 1 aromatic rings. The van der Waals surface area contributed by atoms with Gasteiger partial charge in [-0.25, -0.2) is 0 Å². The van der Waals surface area contributed by atoms with Gasteiger partial charge in [0.1, 0.15) is 6.04 Å². The summed E-state index contributed by atoms with van der Waals surface area (Å²) in [4.78, 5) is 27.8. The third-order valence-corrected chi connectivity index (χ3v) is 5.45. The van der Waals surface area contributed by atoms with Crippen LogP contribution in [-0.4, -0.2) is 48.9 Å². The molecule has 0 aliphatic carbocycles. The van der Waals surface area contributed by atoms with Gasteiger partial charge in [0.15, 0.2) is 0 Å². The number of halogens is 2. The molecule has 1 fully saturated rings. The van der Waals surface area contributed by atoms with Crippen LogP contribution in [0.25, 0.3) is 0 Å². The normalized spacial score (nSPS) is 16.8. The van der Waals surface area contributed by atoms with Crippen LogP contribution >= 0.6 is 23.2 Å². The highest BCUT2D eigenvalue weighted by Gasteiger charge is 2.24. The molecule has 2 unspecified atom stereocenters. The van der Waals surface area contributed by atoms with E-state index in [9.17, 15) is 9.59 Å². The lowest BCUT2D eigenvalue weighted by Gasteiger charge is -2.23. The molecule has 1 aliphatic heterocycles. The summed E-state index contributed by atoms with van der Waals surface area (Å²) in [6, 6.07) is 4.11. The maximum Gasteiger partial charge on any atom is 0.253 e. The van der Waals surface area contributed by atoms with E-state index >= 15 is 0 Å². The van der Waals surface area contributed by atoms with Crippen molar-refractivity contribution in [1.29, 1.82) is 0 Å². The van der Waals surface area contributed by atoms with Crippen LogP contribution in [0, 0.1) is 11.8 Å². The first-order valence-electron chi connectivity index (χ1n) is 10.0. The van der Waals surface area contributed by atoms with Gasteiger partial charge in [-0.15, -0.1) is 0 Å². The fraction of sp³-hybridized carbons (Fsp3) is 0.619. The third-order valence-electron chi connectivity index (χ3n) is 4.90. The van der Waals surface area contributed by atoms with Gasteiger partial charge in [-0.2, -0.15) is 0 Å². The summed E-state index contributed by atoms with van der Waals surface area (Å²) in [7, 11) is 0. The van der Waals surface area contributed by atoms with Gasteiger partial charge >= 0.3 is 0 Å². The van der Waals surface area contributed by atoms with Gasteiger partial charge in [0.2, 0.25) is 5.91 Å². The van der Waals surface area contributed by atoms with Crippen LogP contribution in [0.1, 0.15) is 50.4 Å². The Morgan fingerprint density at radius 3 is 2.43 bits per heavy atom. The number of nitrogens with zero attached hydrogens (tertiary/aromatic N) is 1. The number of carbonyl (C=O) groups is 2. The van der Waals surface area contributed by atoms with Crippen LogP contribution in [0.2, 0.25) is 10.0 Å². The zero-order chi connectivity index (χ0) is 20.7. The van der Waals surface area contributed by atoms with Gasteiger partial charge < -0.3 is 15.5 Å². The van der Waals surface area contributed by atoms with Crippen LogP contribution < -0.4 is 10.6 Å². The van der Waals surface area contributed by atoms with Crippen molar-refractivity contribution in [2.24, 2.45) is 11.8 Å². The van der Waals surface area contributed by atoms with E-state index in [1.54, 1.807) is 12.1 Å². The molecule has 7 heteroatoms. The van der Waals surface area contributed by atoms with Gasteiger partial charge in [-0.1, -0.05) is 44.0 Å². The number of carbonyl (C=O) groups excluding carboxylic acids is 2. The zero-order valence-electron chi connectivity index (χ0n) is 16.9. The monoisotopic (exact) mass is 427 g/mol. The maximum absolute atomic E-state index is 12.7. The number of benzene rings is 1. The minimum Gasteiger partial charge on any atom is -0.354 e. The number of amides is 2. The van der Waals surface area contributed by atoms with Crippen molar-refractivity contribution in [3.8, 4) is 0 Å². The molecular formula is C21H31Cl2N3O2. The van der Waals surface area contributed by atoms with E-state index < -0.39 is 6.04 Å². The molecule has 2 rings (SSSR count). The van der Waals surface area contributed by atoms with Crippen molar-refractivity contribution in [2.45, 2.75) is 46.1 Å². The van der Waals surface area contributed by atoms with E-state index in [-0.39, 0.29) is 22.8 Å². The zero-order valence-corrected chi connectivity index (χ0v) is 18.4. The lowest BCUT2D eigenvalue weighted by molar-refractivity contribution is -0.123. The standard InChI is InChI=1S/C21H31Cl2N3O2/c1-14(2)10-19(25-20(27)17-7-6-16(22)11-18(17)23)21(28)24-12-15(3)13-26-8-4-5-9-26/h6-7,11,14-15,19H,4-5,8-10,12-13H2,1-3H3,(H,24,28)(H,25,27). The van der Waals surface area contributed by atoms with E-state index in [4.69, 9.17) is 23.2 Å². The molecule has 0 aromatic heterocycles. The number of nitrogens with one attached hydrogen (secondary N) is 2. The van der Waals surface area contributed by atoms with E-state index in [1.165, 1.54) is 18.9 Å². The minimum atomic E-state index is -0.599. The summed E-state index contributed by atoms with van der Waals surface area (Å²) < 4.78 is 0. The highest BCUT2D eigenvalue weighted by molar-refractivity contribution is 6.36. The third kappa shape index (κ3) is 7.26. The summed E-state index contributed by atoms with van der Waals surface area (Å²) in [5.74, 6) is 0.106. The summed E-state index contributed by atoms with van der Waals surface area (Å²) in [6.07, 6.45) is 3.08. The molecule has 5 nitrogen and oxygen atoms in total. The Labute approximate surface area is 178 Å². The molecule has 1 aromatic carbocycles. The lowest BCUT2D eigenvalue weighted by atomic mass is 10.0. The SMILES string of the molecule is CC(C)CC(NC(=O)c1ccc(Cl)cc1Cl)C(=O)NCC(C)CN1CCCC1. The van der Waals surface area contributed by atoms with Crippen LogP contribution in [0.5, 0.6) is 0 Å². The number of rotatable bonds is 9. The molecule has 28 heavy (non-hydrogen) atoms. The van der Waals surface area contributed by atoms with E-state index in [2.05, 4.69) is 22.5 Å². The largest absolute Gasteiger partial charge is 0.354 e. The van der Waals surface area contributed by atoms with Gasteiger partial charge in [-0.05, 0) is 62.4 Å². The first kappa shape index (κ1) is 23.0. The summed E-state index contributed by atoms with van der Waals surface area (Å²) in [5.41, 5.74) is 0.315. The predicted octanol–water partition coefficient (Wildman–Crippen LogP) is 3.99. The minimum absolute atomic E-state index is 0.152. The van der Waals surface area contributed by atoms with Crippen molar-refractivity contribution >= 4 is 35.0 Å². The Kier molecular flexibility index (Phi) is 9.06. The Balaban J connectivity index is 1.93. The van der Waals surface area contributed by atoms with Gasteiger partial charge in [0.25, 0.3) is 5.91 Å². The molecule has 156 valence electrons. The quantitative estimate of drug-likeness (QED) is 0.626. The van der Waals surface area contributed by atoms with E-state index in [0.29, 0.717) is 29.5 Å². The maximum atomic E-state index is 12.7. The average Bonchev–Trinajstić information content (AvgIpc) is 3.11. The van der Waals surface area contributed by atoms with E-state index in [1.807, 2.05) is 13.8 Å². The summed E-state index contributed by atoms with van der Waals surface area (Å²) >= 11 is 12.0. The average molecular weight is 428 g/mol. The van der Waals surface area contributed by atoms with Crippen LogP contribution in [0.3, 0.4) is 0 Å². The Morgan fingerprint density at radius 1 is 1.14 bits per heavy atom. The highest BCUT2D eigenvalue weighted by Crippen LogP contribution is 2.21. The Hall–Kier alpha value is -1.30. The van der Waals surface area contributed by atoms with Crippen molar-refractivity contribution < 1.29 is 9.59 Å². The Morgan fingerprint density at radius 2 is 1.82 bits per heavy atom. The Bertz CT molecular complexity index is 676. The van der Waals surface area contributed by atoms with Gasteiger partial charge in [0, 0.05) is 18.1 Å². The number of hydrogen-bond donors (Lipinski definition) is 2. The van der Waals surface area contributed by atoms with Crippen molar-refractivity contribution in [3.63, 3.8) is 0 Å². The first-order chi connectivity index (χ1) is 13.3. The van der Waals surface area contributed by atoms with Crippen molar-refractivity contribution in [3.05, 3.63) is 33.8 Å². The molecule has 2 amide bonds. The molecule has 2 N–H and O–H groups in total. The fourth-order valence-corrected chi connectivity index (χ4v) is 3.98. The van der Waals surface area contributed by atoms with Crippen LogP contribution in [0.15, 0.2) is 18.2 Å². The molecule has 0 bridgehead atoms. The second-order valence-electron chi connectivity index (χ2n) is 8.14. The first-order valence-corrected chi connectivity index (χ1v) is 10.8. The van der Waals surface area contributed by atoms with Crippen LogP contribution in [-0.2, 0) is 4.79 Å². The molecule has 0 spiro atoms. The summed E-state index contributed by atoms with van der Waals surface area (Å²) in [5, 5.41) is 6.57. The number of hydrogen-bond acceptors (Lipinski definition) is 3. The number of likely N-dealkylation sites (tertiary alicyclic amines) is 1. The van der Waals surface area contributed by atoms with Gasteiger partial charge in [0.05, 0.1) is 10.6 Å². The molecule has 1 aliphatic rings. The second-order valence-corrected chi connectivity index (χ2v) is 8.98. The molecule has 1 saturated heterocycles. The predicted molar refractivity (Wildman–Crippen MR) is 115 cm³/mol. The summed E-state index contributed by atoms with van der Waals surface area (Å²) in [6.45, 7) is 10.1. The molecular weight excluding hydrogens is 397 g/mol. The van der Waals surface area contributed by atoms with Crippen LogP contribution in [0.4, 0.5) is 0 Å². The molecule has 2 atom stereocenters. The fourth-order valence-electron chi connectivity index (χ4n) is 3.48. The molecule has 1 heterocycles. The molecule has 0 saturated carbocycles. The van der Waals surface area contributed by atoms with Gasteiger partial charge in [-0.3, -0.25) is 9.59 Å². The van der Waals surface area contributed by atoms with E-state index in [0.717, 1.165) is 19.6 Å². The second kappa shape index (κ2) is 11.0. The van der Waals surface area contributed by atoms with Crippen molar-refractivity contribution in [2.75, 3.05) is 26.2 Å². The molecule has 0 radical (unpaired) electrons. The smallest absolute Gasteiger partial charge is 0.253 e. The van der Waals surface area contributed by atoms with Crippen molar-refractivity contribution in [1.82, 2.24) is 15.5 Å². The highest BCUT2D eigenvalue weighted by atomic mass is 35.5. The lowest BCUT2D eigenvalue weighted by Crippen LogP contribution is -2.48.